The molecule has 194 valence electrons. The lowest BCUT2D eigenvalue weighted by molar-refractivity contribution is 0.669. The van der Waals surface area contributed by atoms with Crippen LogP contribution in [-0.4, -0.2) is 0 Å². The van der Waals surface area contributed by atoms with Crippen molar-refractivity contribution in [3.63, 3.8) is 0 Å². The van der Waals surface area contributed by atoms with Crippen molar-refractivity contribution in [2.75, 3.05) is 0 Å². The van der Waals surface area contributed by atoms with Gasteiger partial charge in [0.15, 0.2) is 0 Å². The molecule has 2 aromatic heterocycles. The van der Waals surface area contributed by atoms with E-state index in [0.29, 0.717) is 11.1 Å². The predicted molar refractivity (Wildman–Crippen MR) is 172 cm³/mol. The number of hydrogen-bond acceptors (Lipinski definition) is 4. The molecule has 0 saturated heterocycles. The molecule has 0 atom stereocenters. The number of benzene rings is 6. The summed E-state index contributed by atoms with van der Waals surface area (Å²) in [5, 5.41) is 24.5. The number of fused-ring (bicyclic) bond motifs is 6. The van der Waals surface area contributed by atoms with Crippen molar-refractivity contribution >= 4 is 53.4 Å². The normalized spacial score (nSPS) is 11.3. The molecule has 3 nitrogen and oxygen atoms in total. The van der Waals surface area contributed by atoms with E-state index in [0.717, 1.165) is 55.3 Å². The highest BCUT2D eigenvalue weighted by molar-refractivity contribution is 7.25. The molecule has 8 rings (SSSR count). The van der Waals surface area contributed by atoms with Gasteiger partial charge in [-0.1, -0.05) is 72.8 Å². The Labute approximate surface area is 245 Å². The van der Waals surface area contributed by atoms with Crippen LogP contribution in [0.25, 0.3) is 75.5 Å². The second-order valence-electron chi connectivity index (χ2n) is 10.3. The molecule has 0 bridgehead atoms. The standard InChI is InChI=1S/C38H20N2OS/c39-21-23-12-14-24(15-13-23)26-18-31(25-16-17-28-27-6-2-4-11-36(27)42-37(28)20-25)33(22-40)32(19-26)29-8-5-10-35-38(29)30-7-1-3-9-34(30)41-35/h1-20H. The third-order valence-corrected chi connectivity index (χ3v) is 9.11. The Balaban J connectivity index is 1.44. The molecule has 4 heteroatoms. The number of nitrogens with zero attached hydrogens (tertiary/aromatic N) is 2. The summed E-state index contributed by atoms with van der Waals surface area (Å²) in [5.74, 6) is 0. The van der Waals surface area contributed by atoms with Gasteiger partial charge in [0.05, 0.1) is 17.2 Å². The quantitative estimate of drug-likeness (QED) is 0.219. The zero-order chi connectivity index (χ0) is 28.2. The van der Waals surface area contributed by atoms with E-state index >= 15 is 0 Å². The molecule has 0 aliphatic heterocycles. The summed E-state index contributed by atoms with van der Waals surface area (Å²) in [6.07, 6.45) is 0. The van der Waals surface area contributed by atoms with Gasteiger partial charge in [0.2, 0.25) is 0 Å². The van der Waals surface area contributed by atoms with Crippen LogP contribution in [-0.2, 0) is 0 Å². The monoisotopic (exact) mass is 552 g/mol. The first-order valence-electron chi connectivity index (χ1n) is 13.6. The maximum atomic E-state index is 10.7. The Morgan fingerprint density at radius 3 is 2.05 bits per heavy atom. The van der Waals surface area contributed by atoms with Gasteiger partial charge in [0, 0.05) is 42.1 Å². The summed E-state index contributed by atoms with van der Waals surface area (Å²) in [6.45, 7) is 0. The van der Waals surface area contributed by atoms with E-state index < -0.39 is 0 Å². The first kappa shape index (κ1) is 24.1. The first-order chi connectivity index (χ1) is 20.7. The molecule has 0 N–H and O–H groups in total. The van der Waals surface area contributed by atoms with E-state index in [-0.39, 0.29) is 0 Å². The summed E-state index contributed by atoms with van der Waals surface area (Å²) in [5.41, 5.74) is 8.45. The van der Waals surface area contributed by atoms with Crippen LogP contribution >= 0.6 is 11.3 Å². The van der Waals surface area contributed by atoms with Gasteiger partial charge < -0.3 is 4.42 Å². The summed E-state index contributed by atoms with van der Waals surface area (Å²) >= 11 is 1.77. The number of hydrogen-bond donors (Lipinski definition) is 0. The van der Waals surface area contributed by atoms with Crippen molar-refractivity contribution in [1.82, 2.24) is 0 Å². The fraction of sp³-hybridized carbons (Fsp3) is 0. The lowest BCUT2D eigenvalue weighted by Crippen LogP contribution is -1.93. The van der Waals surface area contributed by atoms with Gasteiger partial charge >= 0.3 is 0 Å². The third-order valence-electron chi connectivity index (χ3n) is 7.98. The fourth-order valence-electron chi connectivity index (χ4n) is 6.00. The second-order valence-corrected chi connectivity index (χ2v) is 11.4. The van der Waals surface area contributed by atoms with Gasteiger partial charge in [0.1, 0.15) is 17.2 Å². The third kappa shape index (κ3) is 3.71. The van der Waals surface area contributed by atoms with Crippen molar-refractivity contribution in [1.29, 1.82) is 10.5 Å². The van der Waals surface area contributed by atoms with Crippen molar-refractivity contribution in [2.45, 2.75) is 0 Å². The van der Waals surface area contributed by atoms with Gasteiger partial charge in [-0.3, -0.25) is 0 Å². The largest absolute Gasteiger partial charge is 0.456 e. The van der Waals surface area contributed by atoms with Crippen molar-refractivity contribution in [3.8, 4) is 45.5 Å². The molecule has 0 fully saturated rings. The van der Waals surface area contributed by atoms with E-state index in [2.05, 4.69) is 78.9 Å². The first-order valence-corrected chi connectivity index (χ1v) is 14.4. The van der Waals surface area contributed by atoms with Crippen LogP contribution in [0.3, 0.4) is 0 Å². The fourth-order valence-corrected chi connectivity index (χ4v) is 7.14. The van der Waals surface area contributed by atoms with Gasteiger partial charge in [-0.05, 0) is 70.8 Å². The average molecular weight is 553 g/mol. The molecule has 0 saturated carbocycles. The summed E-state index contributed by atoms with van der Waals surface area (Å²) in [7, 11) is 0. The molecule has 0 aliphatic rings. The topological polar surface area (TPSA) is 60.7 Å². The van der Waals surface area contributed by atoms with Gasteiger partial charge in [-0.25, -0.2) is 0 Å². The number of nitriles is 2. The van der Waals surface area contributed by atoms with Crippen LogP contribution in [0.2, 0.25) is 0 Å². The molecular weight excluding hydrogens is 532 g/mol. The van der Waals surface area contributed by atoms with Gasteiger partial charge in [-0.2, -0.15) is 10.5 Å². The lowest BCUT2D eigenvalue weighted by Gasteiger charge is -2.15. The van der Waals surface area contributed by atoms with Crippen LogP contribution in [0.1, 0.15) is 11.1 Å². The smallest absolute Gasteiger partial charge is 0.136 e. The van der Waals surface area contributed by atoms with Gasteiger partial charge in [0.25, 0.3) is 0 Å². The van der Waals surface area contributed by atoms with E-state index in [1.807, 2.05) is 54.6 Å². The number of rotatable bonds is 3. The summed E-state index contributed by atoms with van der Waals surface area (Å²) < 4.78 is 8.64. The Hall–Kier alpha value is -5.68. The lowest BCUT2D eigenvalue weighted by atomic mass is 9.87. The minimum Gasteiger partial charge on any atom is -0.456 e. The Kier molecular flexibility index (Phi) is 5.44. The Morgan fingerprint density at radius 1 is 0.500 bits per heavy atom. The molecule has 2 heterocycles. The highest BCUT2D eigenvalue weighted by Crippen LogP contribution is 2.43. The average Bonchev–Trinajstić information content (AvgIpc) is 3.62. The molecule has 42 heavy (non-hydrogen) atoms. The van der Waals surface area contributed by atoms with E-state index in [1.165, 1.54) is 20.2 Å². The zero-order valence-corrected chi connectivity index (χ0v) is 23.1. The van der Waals surface area contributed by atoms with E-state index in [4.69, 9.17) is 4.42 Å². The van der Waals surface area contributed by atoms with E-state index in [1.54, 1.807) is 11.3 Å². The molecule has 0 aliphatic carbocycles. The Bertz CT molecular complexity index is 2430. The minimum absolute atomic E-state index is 0.609. The van der Waals surface area contributed by atoms with Gasteiger partial charge in [-0.15, -0.1) is 11.3 Å². The maximum Gasteiger partial charge on any atom is 0.136 e. The van der Waals surface area contributed by atoms with Crippen molar-refractivity contribution < 1.29 is 4.42 Å². The molecule has 0 unspecified atom stereocenters. The molecule has 6 aromatic carbocycles. The van der Waals surface area contributed by atoms with Crippen molar-refractivity contribution in [3.05, 3.63) is 132 Å². The zero-order valence-electron chi connectivity index (χ0n) is 22.3. The van der Waals surface area contributed by atoms with Crippen molar-refractivity contribution in [2.24, 2.45) is 0 Å². The van der Waals surface area contributed by atoms with Crippen LogP contribution < -0.4 is 0 Å². The minimum atomic E-state index is 0.609. The highest BCUT2D eigenvalue weighted by atomic mass is 32.1. The van der Waals surface area contributed by atoms with Crippen LogP contribution in [0, 0.1) is 22.7 Å². The Morgan fingerprint density at radius 2 is 1.21 bits per heavy atom. The molecule has 0 amide bonds. The SMILES string of the molecule is N#Cc1ccc(-c2cc(-c3ccc4c(c3)sc3ccccc34)c(C#N)c(-c3cccc4oc5ccccc5c34)c2)cc1. The molecular formula is C38H20N2OS. The summed E-state index contributed by atoms with van der Waals surface area (Å²) in [4.78, 5) is 0. The second kappa shape index (κ2) is 9.46. The number of para-hydroxylation sites is 1. The highest BCUT2D eigenvalue weighted by Gasteiger charge is 2.20. The van der Waals surface area contributed by atoms with Crippen LogP contribution in [0.5, 0.6) is 0 Å². The van der Waals surface area contributed by atoms with Crippen LogP contribution in [0.15, 0.2) is 126 Å². The van der Waals surface area contributed by atoms with E-state index in [9.17, 15) is 10.5 Å². The number of furan rings is 1. The predicted octanol–water partition coefficient (Wildman–Crippen LogP) is 10.7. The molecule has 0 spiro atoms. The molecule has 0 radical (unpaired) electrons. The summed E-state index contributed by atoms with van der Waals surface area (Å²) in [6, 6.07) is 45.6. The maximum absolute atomic E-state index is 10.7. The van der Waals surface area contributed by atoms with Crippen LogP contribution in [0.4, 0.5) is 0 Å². The molecule has 8 aromatic rings. The number of thiophene rings is 1.